The van der Waals surface area contributed by atoms with Crippen molar-refractivity contribution in [3.63, 3.8) is 0 Å². The summed E-state index contributed by atoms with van der Waals surface area (Å²) < 4.78 is 0. The van der Waals surface area contributed by atoms with Crippen LogP contribution in [-0.4, -0.2) is 21.9 Å². The van der Waals surface area contributed by atoms with Crippen LogP contribution >= 0.6 is 0 Å². The van der Waals surface area contributed by atoms with Crippen molar-refractivity contribution in [2.45, 2.75) is 97.9 Å². The molecule has 0 aliphatic heterocycles. The maximum atomic E-state index is 11.1. The van der Waals surface area contributed by atoms with Gasteiger partial charge in [0.15, 0.2) is 5.60 Å². The van der Waals surface area contributed by atoms with Crippen LogP contribution in [0, 0.1) is 35.0 Å². The second-order valence-corrected chi connectivity index (χ2v) is 9.71. The van der Waals surface area contributed by atoms with E-state index in [2.05, 4.69) is 39.5 Å². The number of fused-ring (bicyclic) bond motifs is 2. The van der Waals surface area contributed by atoms with Crippen LogP contribution in [0.25, 0.3) is 0 Å². The van der Waals surface area contributed by atoms with Crippen LogP contribution in [0.15, 0.2) is 0 Å². The summed E-state index contributed by atoms with van der Waals surface area (Å²) in [4.78, 5) is 11.2. The van der Waals surface area contributed by atoms with Crippen LogP contribution in [0.5, 0.6) is 0 Å². The predicted octanol–water partition coefficient (Wildman–Crippen LogP) is 4.73. The van der Waals surface area contributed by atoms with Crippen molar-refractivity contribution in [2.24, 2.45) is 23.2 Å². The van der Waals surface area contributed by atoms with Gasteiger partial charge in [-0.3, -0.25) is 0 Å². The van der Waals surface area contributed by atoms with Gasteiger partial charge in [-0.15, -0.1) is 0 Å². The topological polar surface area (TPSA) is 38.7 Å². The van der Waals surface area contributed by atoms with Gasteiger partial charge in [0.25, 0.3) is 0 Å². The van der Waals surface area contributed by atoms with E-state index in [1.807, 2.05) is 27.7 Å². The lowest BCUT2D eigenvalue weighted by atomic mass is 9.64. The van der Waals surface area contributed by atoms with E-state index in [-0.39, 0.29) is 11.5 Å². The Morgan fingerprint density at radius 2 is 1.79 bits per heavy atom. The van der Waals surface area contributed by atoms with E-state index in [1.165, 1.54) is 0 Å². The smallest absolute Gasteiger partial charge is 0.158 e. The molecule has 2 aliphatic rings. The van der Waals surface area contributed by atoms with Crippen LogP contribution in [0.4, 0.5) is 0 Å². The summed E-state index contributed by atoms with van der Waals surface area (Å²) in [6.07, 6.45) is 3.83. The molecule has 2 bridgehead atoms. The van der Waals surface area contributed by atoms with E-state index < -0.39 is 11.2 Å². The van der Waals surface area contributed by atoms with E-state index >= 15 is 0 Å². The summed E-state index contributed by atoms with van der Waals surface area (Å²) in [6.45, 7) is 16.9. The van der Waals surface area contributed by atoms with Gasteiger partial charge in [0.05, 0.1) is 5.60 Å². The van der Waals surface area contributed by atoms with Crippen LogP contribution < -0.4 is 0 Å². The first-order valence-corrected chi connectivity index (χ1v) is 9.46. The zero-order valence-corrected chi connectivity index (χ0v) is 16.8. The Morgan fingerprint density at radius 1 is 1.17 bits per heavy atom. The largest absolute Gasteiger partial charge is 0.377 e. The summed E-state index contributed by atoms with van der Waals surface area (Å²) in [7, 11) is 0. The average molecular weight is 337 g/mol. The second-order valence-electron chi connectivity index (χ2n) is 9.71. The number of hydrogen-bond donors (Lipinski definition) is 1. The molecule has 2 aliphatic carbocycles. The molecule has 2 fully saturated rings. The van der Waals surface area contributed by atoms with E-state index in [0.717, 1.165) is 25.7 Å². The highest BCUT2D eigenvalue weighted by Gasteiger charge is 2.61. The molecule has 0 saturated heterocycles. The van der Waals surface area contributed by atoms with E-state index in [0.29, 0.717) is 17.3 Å². The van der Waals surface area contributed by atoms with Crippen LogP contribution in [-0.2, 0) is 9.78 Å². The quantitative estimate of drug-likeness (QED) is 0.448. The predicted molar refractivity (Wildman–Crippen MR) is 97.1 cm³/mol. The molecule has 3 heteroatoms. The van der Waals surface area contributed by atoms with Gasteiger partial charge in [0, 0.05) is 5.92 Å². The van der Waals surface area contributed by atoms with Gasteiger partial charge >= 0.3 is 0 Å². The van der Waals surface area contributed by atoms with Gasteiger partial charge < -0.3 is 5.11 Å². The van der Waals surface area contributed by atoms with E-state index in [9.17, 15) is 5.11 Å². The maximum Gasteiger partial charge on any atom is 0.158 e. The fraction of sp³-hybridized carbons (Fsp3) is 0.905. The molecule has 138 valence electrons. The molecule has 0 unspecified atom stereocenters. The molecular weight excluding hydrogens is 300 g/mol. The SMILES string of the molecule is CCCC(C)(C)OOC(C)(C)C#C[C@]1(O)C[C@H]2C[C@@H]1[C@H](C)C2(C)C. The fourth-order valence-electron chi connectivity index (χ4n) is 4.47. The van der Waals surface area contributed by atoms with Crippen molar-refractivity contribution < 1.29 is 14.9 Å². The van der Waals surface area contributed by atoms with Crippen LogP contribution in [0.3, 0.4) is 0 Å². The first-order chi connectivity index (χ1) is 10.8. The van der Waals surface area contributed by atoms with Crippen molar-refractivity contribution in [3.8, 4) is 11.8 Å². The third kappa shape index (κ3) is 3.82. The lowest BCUT2D eigenvalue weighted by Gasteiger charge is -2.42. The van der Waals surface area contributed by atoms with Crippen molar-refractivity contribution >= 4 is 0 Å². The van der Waals surface area contributed by atoms with Gasteiger partial charge in [-0.05, 0) is 64.2 Å². The zero-order chi connectivity index (χ0) is 18.4. The Balaban J connectivity index is 2.04. The van der Waals surface area contributed by atoms with Crippen LogP contribution in [0.1, 0.15) is 81.1 Å². The molecule has 24 heavy (non-hydrogen) atoms. The van der Waals surface area contributed by atoms with E-state index in [1.54, 1.807) is 0 Å². The highest BCUT2D eigenvalue weighted by Crippen LogP contribution is 2.62. The summed E-state index contributed by atoms with van der Waals surface area (Å²) in [5.74, 6) is 7.61. The normalized spacial score (nSPS) is 35.0. The molecule has 0 amide bonds. The highest BCUT2D eigenvalue weighted by atomic mass is 17.2. The maximum absolute atomic E-state index is 11.1. The molecule has 4 atom stereocenters. The first kappa shape index (κ1) is 19.8. The zero-order valence-electron chi connectivity index (χ0n) is 16.8. The summed E-state index contributed by atoms with van der Waals surface area (Å²) >= 11 is 0. The average Bonchev–Trinajstić information content (AvgIpc) is 2.91. The minimum Gasteiger partial charge on any atom is -0.377 e. The molecule has 0 spiro atoms. The standard InChI is InChI=1S/C21H36O3/c1-9-10-18(3,4)23-24-19(5,6)11-12-21(22)14-16-13-17(21)15(2)20(16,7)8/h15-17,22H,9-10,13-14H2,1-8H3/t15-,16+,17+,21-/m0/s1. The molecule has 2 saturated carbocycles. The fourth-order valence-corrected chi connectivity index (χ4v) is 4.47. The number of aliphatic hydroxyl groups is 1. The number of rotatable bonds is 5. The van der Waals surface area contributed by atoms with Gasteiger partial charge in [-0.2, -0.15) is 0 Å². The number of hydrogen-bond acceptors (Lipinski definition) is 3. The van der Waals surface area contributed by atoms with Gasteiger partial charge in [0.2, 0.25) is 0 Å². The Kier molecular flexibility index (Phi) is 5.19. The molecule has 0 heterocycles. The van der Waals surface area contributed by atoms with Crippen molar-refractivity contribution in [3.05, 3.63) is 0 Å². The molecule has 0 aromatic rings. The Hall–Kier alpha value is -0.560. The van der Waals surface area contributed by atoms with Gasteiger partial charge in [0.1, 0.15) is 5.60 Å². The third-order valence-electron chi connectivity index (χ3n) is 6.45. The lowest BCUT2D eigenvalue weighted by molar-refractivity contribution is -0.389. The Labute approximate surface area is 148 Å². The van der Waals surface area contributed by atoms with E-state index in [4.69, 9.17) is 9.78 Å². The second kappa shape index (κ2) is 6.31. The summed E-state index contributed by atoms with van der Waals surface area (Å²) in [6, 6.07) is 0. The highest BCUT2D eigenvalue weighted by molar-refractivity contribution is 5.27. The lowest BCUT2D eigenvalue weighted by Crippen LogP contribution is -2.44. The Bertz CT molecular complexity index is 519. The first-order valence-electron chi connectivity index (χ1n) is 9.46. The van der Waals surface area contributed by atoms with Crippen LogP contribution in [0.2, 0.25) is 0 Å². The minimum absolute atomic E-state index is 0.262. The third-order valence-corrected chi connectivity index (χ3v) is 6.45. The molecule has 0 aromatic carbocycles. The molecule has 0 radical (unpaired) electrons. The molecule has 0 aromatic heterocycles. The van der Waals surface area contributed by atoms with Crippen molar-refractivity contribution in [2.75, 3.05) is 0 Å². The molecule has 3 nitrogen and oxygen atoms in total. The van der Waals surface area contributed by atoms with Gasteiger partial charge in [-0.1, -0.05) is 46.0 Å². The van der Waals surface area contributed by atoms with Gasteiger partial charge in [-0.25, -0.2) is 9.78 Å². The summed E-state index contributed by atoms with van der Waals surface area (Å²) in [5.41, 5.74) is -1.63. The molecular formula is C21H36O3. The molecule has 1 N–H and O–H groups in total. The monoisotopic (exact) mass is 336 g/mol. The van der Waals surface area contributed by atoms with Crippen molar-refractivity contribution in [1.29, 1.82) is 0 Å². The Morgan fingerprint density at radius 3 is 2.29 bits per heavy atom. The summed E-state index contributed by atoms with van der Waals surface area (Å²) in [5, 5.41) is 11.1. The minimum atomic E-state index is -0.876. The van der Waals surface area contributed by atoms with Crippen molar-refractivity contribution in [1.82, 2.24) is 0 Å². The molecule has 2 rings (SSSR count).